The van der Waals surface area contributed by atoms with Crippen LogP contribution in [-0.2, 0) is 27.8 Å². The number of fused-ring (bicyclic) bond motifs is 3. The Morgan fingerprint density at radius 3 is 2.71 bits per heavy atom. The summed E-state index contributed by atoms with van der Waals surface area (Å²) in [7, 11) is -4.04. The number of aliphatic hydroxyl groups excluding tert-OH is 1. The van der Waals surface area contributed by atoms with E-state index in [1.165, 1.54) is 5.56 Å². The van der Waals surface area contributed by atoms with Crippen LogP contribution in [0.2, 0.25) is 5.02 Å². The molecule has 6 atom stereocenters. The minimum Gasteiger partial charge on any atom is -0.487 e. The van der Waals surface area contributed by atoms with Crippen molar-refractivity contribution in [2.75, 3.05) is 24.6 Å². The number of hydrogen-bond acceptors (Lipinski definition) is 7. The van der Waals surface area contributed by atoms with Crippen LogP contribution in [0, 0.1) is 17.8 Å². The average molecular weight is 657 g/mol. The quantitative estimate of drug-likeness (QED) is 0.380. The molecule has 8 nitrogen and oxygen atoms in total. The van der Waals surface area contributed by atoms with Gasteiger partial charge in [0.1, 0.15) is 12.4 Å². The van der Waals surface area contributed by atoms with E-state index in [0.717, 1.165) is 62.7 Å². The molecule has 0 spiro atoms. The average Bonchev–Trinajstić information content (AvgIpc) is 3.50. The number of hydrogen-bond donors (Lipinski definition) is 2. The Labute approximate surface area is 272 Å². The number of aryl methyl sites for hydroxylation is 1. The van der Waals surface area contributed by atoms with Crippen molar-refractivity contribution in [1.82, 2.24) is 4.72 Å². The highest BCUT2D eigenvalue weighted by molar-refractivity contribution is 7.90. The van der Waals surface area contributed by atoms with E-state index >= 15 is 0 Å². The molecule has 0 unspecified atom stereocenters. The van der Waals surface area contributed by atoms with Crippen molar-refractivity contribution in [1.29, 1.82) is 0 Å². The molecule has 1 aliphatic carbocycles. The predicted molar refractivity (Wildman–Crippen MR) is 176 cm³/mol. The predicted octanol–water partition coefficient (Wildman–Crippen LogP) is 6.04. The monoisotopic (exact) mass is 656 g/mol. The fourth-order valence-electron chi connectivity index (χ4n) is 7.38. The molecular formula is C35H45ClN2O6S. The van der Waals surface area contributed by atoms with Gasteiger partial charge in [-0.05, 0) is 117 Å². The highest BCUT2D eigenvalue weighted by Gasteiger charge is 2.38. The molecule has 10 heteroatoms. The van der Waals surface area contributed by atoms with E-state index in [0.29, 0.717) is 43.4 Å². The molecule has 1 amide bonds. The number of carbonyl (C=O) groups is 1. The number of rotatable bonds is 2. The summed E-state index contributed by atoms with van der Waals surface area (Å²) >= 11 is 6.33. The van der Waals surface area contributed by atoms with Crippen LogP contribution in [0.5, 0.6) is 5.75 Å². The molecule has 2 bridgehead atoms. The van der Waals surface area contributed by atoms with Gasteiger partial charge >= 0.3 is 0 Å². The Morgan fingerprint density at radius 2 is 1.93 bits per heavy atom. The fourth-order valence-corrected chi connectivity index (χ4v) is 9.29. The van der Waals surface area contributed by atoms with Crippen molar-refractivity contribution >= 4 is 33.2 Å². The molecule has 3 heterocycles. The summed E-state index contributed by atoms with van der Waals surface area (Å²) in [4.78, 5) is 15.9. The van der Waals surface area contributed by atoms with Crippen LogP contribution in [0.1, 0.15) is 79.8 Å². The van der Waals surface area contributed by atoms with Gasteiger partial charge in [0, 0.05) is 30.3 Å². The minimum absolute atomic E-state index is 0.122. The van der Waals surface area contributed by atoms with Gasteiger partial charge in [-0.3, -0.25) is 4.79 Å². The zero-order chi connectivity index (χ0) is 31.6. The number of sulfonamides is 1. The molecule has 244 valence electrons. The normalized spacial score (nSPS) is 31.3. The van der Waals surface area contributed by atoms with E-state index in [2.05, 4.69) is 9.62 Å². The molecule has 1 saturated carbocycles. The maximum atomic E-state index is 13.8. The Balaban J connectivity index is 1.36. The summed E-state index contributed by atoms with van der Waals surface area (Å²) in [5.41, 5.74) is 3.28. The van der Waals surface area contributed by atoms with E-state index < -0.39 is 27.3 Å². The summed E-state index contributed by atoms with van der Waals surface area (Å²) in [5, 5.41) is 11.1. The van der Waals surface area contributed by atoms with Crippen molar-refractivity contribution < 1.29 is 27.8 Å². The zero-order valence-electron chi connectivity index (χ0n) is 26.0. The number of carbonyl (C=O) groups excluding carboxylic acids is 1. The number of halogens is 1. The third-order valence-electron chi connectivity index (χ3n) is 10.2. The lowest BCUT2D eigenvalue weighted by Gasteiger charge is -2.42. The molecule has 45 heavy (non-hydrogen) atoms. The van der Waals surface area contributed by atoms with Crippen LogP contribution in [-0.4, -0.2) is 56.6 Å². The Kier molecular flexibility index (Phi) is 10.1. The molecule has 3 aliphatic heterocycles. The second-order valence-corrected chi connectivity index (χ2v) is 15.6. The van der Waals surface area contributed by atoms with Gasteiger partial charge in [0.05, 0.1) is 23.1 Å². The maximum absolute atomic E-state index is 13.8. The van der Waals surface area contributed by atoms with Gasteiger partial charge in [-0.25, -0.2) is 13.1 Å². The SMILES string of the molecule is C[C@H]1C/C=C\[C@H](O)[C@@H]2CC[C@H]2CN2CCCCc3cc(Cl)ccc3COc3ccc(cc32)C(=O)NS(=O)(=O)[C@@H]1C[C@@H]1CCCO1. The van der Waals surface area contributed by atoms with Gasteiger partial charge in [0.15, 0.2) is 0 Å². The number of allylic oxidation sites excluding steroid dienone is 1. The molecule has 1 saturated heterocycles. The molecule has 2 fully saturated rings. The largest absolute Gasteiger partial charge is 0.487 e. The lowest BCUT2D eigenvalue weighted by Crippen LogP contribution is -2.44. The number of nitrogens with zero attached hydrogens (tertiary/aromatic N) is 1. The first-order chi connectivity index (χ1) is 21.7. The van der Waals surface area contributed by atoms with Gasteiger partial charge in [0.2, 0.25) is 10.0 Å². The maximum Gasteiger partial charge on any atom is 0.264 e. The molecule has 6 rings (SSSR count). The first kappa shape index (κ1) is 32.4. The molecule has 2 aromatic rings. The van der Waals surface area contributed by atoms with Crippen molar-refractivity contribution in [3.8, 4) is 5.75 Å². The topological polar surface area (TPSA) is 105 Å². The number of aliphatic hydroxyl groups is 1. The fraction of sp³-hybridized carbons (Fsp3) is 0.571. The lowest BCUT2D eigenvalue weighted by atomic mass is 9.70. The molecule has 2 aromatic carbocycles. The van der Waals surface area contributed by atoms with Crippen LogP contribution < -0.4 is 14.4 Å². The van der Waals surface area contributed by atoms with Gasteiger partial charge in [-0.1, -0.05) is 36.7 Å². The number of amides is 1. The van der Waals surface area contributed by atoms with Gasteiger partial charge in [-0.2, -0.15) is 0 Å². The molecule has 2 N–H and O–H groups in total. The summed E-state index contributed by atoms with van der Waals surface area (Å²) in [6, 6.07) is 11.1. The van der Waals surface area contributed by atoms with E-state index in [1.807, 2.05) is 37.3 Å². The lowest BCUT2D eigenvalue weighted by molar-refractivity contribution is 0.0460. The van der Waals surface area contributed by atoms with Crippen molar-refractivity contribution in [2.45, 2.75) is 88.8 Å². The van der Waals surface area contributed by atoms with E-state index in [9.17, 15) is 18.3 Å². The summed E-state index contributed by atoms with van der Waals surface area (Å²) < 4.78 is 42.3. The number of ether oxygens (including phenoxy) is 2. The van der Waals surface area contributed by atoms with Crippen LogP contribution >= 0.6 is 11.6 Å². The van der Waals surface area contributed by atoms with E-state index in [-0.39, 0.29) is 29.4 Å². The second-order valence-electron chi connectivity index (χ2n) is 13.3. The first-order valence-electron chi connectivity index (χ1n) is 16.5. The van der Waals surface area contributed by atoms with E-state index in [4.69, 9.17) is 21.1 Å². The van der Waals surface area contributed by atoms with Crippen molar-refractivity contribution in [2.24, 2.45) is 17.8 Å². The third kappa shape index (κ3) is 7.53. The summed E-state index contributed by atoms with van der Waals surface area (Å²) in [6.45, 7) is 4.33. The molecule has 0 radical (unpaired) electrons. The minimum atomic E-state index is -4.04. The Hall–Kier alpha value is -2.59. The highest BCUT2D eigenvalue weighted by atomic mass is 35.5. The van der Waals surface area contributed by atoms with Crippen molar-refractivity contribution in [3.63, 3.8) is 0 Å². The molecular weight excluding hydrogens is 612 g/mol. The number of anilines is 1. The van der Waals surface area contributed by atoms with Gasteiger partial charge < -0.3 is 19.5 Å². The standard InChI is InChI=1S/C35H45ClN2O6S/c1-23-6-4-9-32(39)30-14-11-26(30)21-38-16-3-2-7-24-18-28(36)13-10-27(24)22-44-33-15-12-25(19-31(33)38)35(40)37-45(41,42)34(23)20-29-8-5-17-43-29/h4,9-10,12-13,15,18-19,23,26,29-30,32,34,39H,2-3,5-8,11,14,16-17,20-22H2,1H3,(H,37,40)/b9-4-/t23-,26-,29-,30+,32-,34+/m0/s1. The Bertz CT molecular complexity index is 1510. The van der Waals surface area contributed by atoms with Gasteiger partial charge in [-0.15, -0.1) is 0 Å². The molecule has 4 aliphatic rings. The van der Waals surface area contributed by atoms with Crippen LogP contribution in [0.4, 0.5) is 5.69 Å². The first-order valence-corrected chi connectivity index (χ1v) is 18.4. The highest BCUT2D eigenvalue weighted by Crippen LogP contribution is 2.41. The summed E-state index contributed by atoms with van der Waals surface area (Å²) in [6.07, 6.45) is 10.3. The number of nitrogens with one attached hydrogen (secondary N) is 1. The second kappa shape index (κ2) is 14.0. The Morgan fingerprint density at radius 1 is 1.07 bits per heavy atom. The van der Waals surface area contributed by atoms with Gasteiger partial charge in [0.25, 0.3) is 5.91 Å². The van der Waals surface area contributed by atoms with E-state index in [1.54, 1.807) is 18.2 Å². The smallest absolute Gasteiger partial charge is 0.264 e. The van der Waals surface area contributed by atoms with Crippen molar-refractivity contribution in [3.05, 3.63) is 70.3 Å². The van der Waals surface area contributed by atoms with Crippen LogP contribution in [0.3, 0.4) is 0 Å². The summed E-state index contributed by atoms with van der Waals surface area (Å²) in [5.74, 6) is 0.128. The van der Waals surface area contributed by atoms with Crippen LogP contribution in [0.25, 0.3) is 0 Å². The zero-order valence-corrected chi connectivity index (χ0v) is 27.6. The third-order valence-corrected chi connectivity index (χ3v) is 12.4. The molecule has 0 aromatic heterocycles. The number of benzene rings is 2. The van der Waals surface area contributed by atoms with Crippen LogP contribution in [0.15, 0.2) is 48.6 Å².